The van der Waals surface area contributed by atoms with Crippen LogP contribution in [0.3, 0.4) is 0 Å². The molecule has 8 heteroatoms. The molecule has 0 heterocycles. The van der Waals surface area contributed by atoms with Crippen LogP contribution in [0.25, 0.3) is 0 Å². The monoisotopic (exact) mass is 374 g/mol. The molecular weight excluding hydrogens is 344 g/mol. The number of methoxy groups -OCH3 is 1. The maximum Gasteiger partial charge on any atom is 0.329 e. The van der Waals surface area contributed by atoms with Gasteiger partial charge in [-0.2, -0.15) is 12.6 Å². The van der Waals surface area contributed by atoms with Crippen molar-refractivity contribution in [3.05, 3.63) is 0 Å². The summed E-state index contributed by atoms with van der Waals surface area (Å²) < 4.78 is 4.85. The Morgan fingerprint density at radius 1 is 1.24 bits per heavy atom. The molecule has 0 aromatic rings. The molecule has 1 rings (SSSR count). The Labute approximate surface area is 154 Å². The summed E-state index contributed by atoms with van der Waals surface area (Å²) in [6.45, 7) is 8.18. The molecule has 1 aliphatic rings. The fraction of sp³-hybridized carbons (Fsp3) is 0.824. The molecule has 25 heavy (non-hydrogen) atoms. The zero-order chi connectivity index (χ0) is 19.6. The predicted molar refractivity (Wildman–Crippen MR) is 97.3 cm³/mol. The molecule has 3 N–H and O–H groups in total. The fourth-order valence-electron chi connectivity index (χ4n) is 4.07. The number of amides is 1. The van der Waals surface area contributed by atoms with Crippen LogP contribution in [-0.2, 0) is 19.1 Å². The number of nitrogens with zero attached hydrogens (tertiary/aromatic N) is 1. The third kappa shape index (κ3) is 4.67. The summed E-state index contributed by atoms with van der Waals surface area (Å²) in [6.07, 6.45) is 1.26. The second kappa shape index (κ2) is 7.95. The summed E-state index contributed by atoms with van der Waals surface area (Å²) in [5.74, 6) is -2.23. The Balaban J connectivity index is 3.39. The minimum atomic E-state index is -1.23. The summed E-state index contributed by atoms with van der Waals surface area (Å²) in [4.78, 5) is 37.8. The van der Waals surface area contributed by atoms with Crippen molar-refractivity contribution in [2.45, 2.75) is 65.1 Å². The number of carbonyl (C=O) groups excluding carboxylic acids is 2. The highest BCUT2D eigenvalue weighted by molar-refractivity contribution is 7.80. The van der Waals surface area contributed by atoms with Crippen molar-refractivity contribution in [1.29, 1.82) is 0 Å². The van der Waals surface area contributed by atoms with E-state index in [-0.39, 0.29) is 22.6 Å². The molecule has 1 saturated carbocycles. The second-order valence-electron chi connectivity index (χ2n) is 8.05. The molecule has 1 fully saturated rings. The van der Waals surface area contributed by atoms with Crippen LogP contribution in [0.1, 0.15) is 47.0 Å². The third-order valence-electron chi connectivity index (χ3n) is 5.12. The molecule has 0 saturated heterocycles. The van der Waals surface area contributed by atoms with E-state index in [2.05, 4.69) is 12.6 Å². The van der Waals surface area contributed by atoms with Crippen molar-refractivity contribution in [2.24, 2.45) is 16.6 Å². The van der Waals surface area contributed by atoms with Gasteiger partial charge in [-0.25, -0.2) is 4.79 Å². The van der Waals surface area contributed by atoms with Crippen LogP contribution in [-0.4, -0.2) is 58.8 Å². The largest absolute Gasteiger partial charge is 0.481 e. The molecule has 0 bridgehead atoms. The van der Waals surface area contributed by atoms with E-state index < -0.39 is 36.4 Å². The number of ether oxygens (including phenoxy) is 1. The van der Waals surface area contributed by atoms with E-state index in [4.69, 9.17) is 15.6 Å². The van der Waals surface area contributed by atoms with Crippen molar-refractivity contribution in [2.75, 3.05) is 12.9 Å². The van der Waals surface area contributed by atoms with E-state index in [0.717, 1.165) is 12.8 Å². The molecule has 0 aromatic carbocycles. The second-order valence-corrected chi connectivity index (χ2v) is 8.42. The van der Waals surface area contributed by atoms with Gasteiger partial charge in [0.2, 0.25) is 5.91 Å². The van der Waals surface area contributed by atoms with Crippen LogP contribution in [0.5, 0.6) is 0 Å². The van der Waals surface area contributed by atoms with Gasteiger partial charge in [-0.05, 0) is 23.7 Å². The molecule has 144 valence electrons. The van der Waals surface area contributed by atoms with Crippen molar-refractivity contribution >= 4 is 30.5 Å². The van der Waals surface area contributed by atoms with Crippen molar-refractivity contribution in [1.82, 2.24) is 4.90 Å². The average Bonchev–Trinajstić information content (AvgIpc) is 2.71. The number of hydrogen-bond donors (Lipinski definition) is 3. The van der Waals surface area contributed by atoms with Gasteiger partial charge < -0.3 is 20.5 Å². The smallest absolute Gasteiger partial charge is 0.329 e. The average molecular weight is 375 g/mol. The van der Waals surface area contributed by atoms with Crippen LogP contribution >= 0.6 is 12.6 Å². The highest BCUT2D eigenvalue weighted by Gasteiger charge is 2.54. The molecule has 0 spiro atoms. The number of rotatable bonds is 7. The Bertz CT molecular complexity index is 519. The Hall–Kier alpha value is -1.28. The van der Waals surface area contributed by atoms with Gasteiger partial charge in [-0.15, -0.1) is 0 Å². The van der Waals surface area contributed by atoms with Gasteiger partial charge in [-0.1, -0.05) is 27.7 Å². The highest BCUT2D eigenvalue weighted by atomic mass is 32.1. The van der Waals surface area contributed by atoms with E-state index in [1.165, 1.54) is 12.0 Å². The van der Waals surface area contributed by atoms with Crippen LogP contribution in [0.2, 0.25) is 0 Å². The molecule has 2 atom stereocenters. The van der Waals surface area contributed by atoms with Crippen molar-refractivity contribution in [3.8, 4) is 0 Å². The number of hydrogen-bond acceptors (Lipinski definition) is 6. The standard InChI is InChI=1S/C17H30N2O5S/c1-16(2)6-7-17(3,4)15(16)19(11(9-25)14(23)24-5)13(22)10(18)8-12(20)21/h10-11,15,25H,6-9,18H2,1-5H3,(H,20,21)/t10-,11+/m0/s1. The zero-order valence-corrected chi connectivity index (χ0v) is 16.5. The van der Waals surface area contributed by atoms with Crippen molar-refractivity contribution < 1.29 is 24.2 Å². The van der Waals surface area contributed by atoms with E-state index in [9.17, 15) is 14.4 Å². The Morgan fingerprint density at radius 3 is 2.08 bits per heavy atom. The first-order chi connectivity index (χ1) is 11.4. The minimum Gasteiger partial charge on any atom is -0.481 e. The third-order valence-corrected chi connectivity index (χ3v) is 5.47. The number of thiol groups is 1. The first-order valence-electron chi connectivity index (χ1n) is 8.37. The number of aliphatic carboxylic acids is 1. The summed E-state index contributed by atoms with van der Waals surface area (Å²) in [7, 11) is 1.25. The maximum atomic E-state index is 13.1. The molecular formula is C17H30N2O5S. The van der Waals surface area contributed by atoms with Crippen LogP contribution in [0.4, 0.5) is 0 Å². The van der Waals surface area contributed by atoms with Crippen LogP contribution < -0.4 is 5.73 Å². The van der Waals surface area contributed by atoms with E-state index >= 15 is 0 Å². The van der Waals surface area contributed by atoms with Gasteiger partial charge in [0, 0.05) is 11.8 Å². The number of carboxylic acid groups (broad SMARTS) is 1. The first-order valence-corrected chi connectivity index (χ1v) is 9.00. The Morgan fingerprint density at radius 2 is 1.72 bits per heavy atom. The number of carbonyl (C=O) groups is 3. The zero-order valence-electron chi connectivity index (χ0n) is 15.6. The molecule has 0 radical (unpaired) electrons. The summed E-state index contributed by atoms with van der Waals surface area (Å²) in [6, 6.07) is -2.43. The lowest BCUT2D eigenvalue weighted by atomic mass is 9.76. The van der Waals surface area contributed by atoms with Gasteiger partial charge in [-0.3, -0.25) is 9.59 Å². The van der Waals surface area contributed by atoms with E-state index in [1.807, 2.05) is 27.7 Å². The summed E-state index contributed by atoms with van der Waals surface area (Å²) in [5.41, 5.74) is 5.34. The molecule has 1 aliphatic carbocycles. The number of esters is 1. The summed E-state index contributed by atoms with van der Waals surface area (Å²) in [5, 5.41) is 8.98. The van der Waals surface area contributed by atoms with E-state index in [1.54, 1.807) is 0 Å². The van der Waals surface area contributed by atoms with Gasteiger partial charge in [0.15, 0.2) is 0 Å². The molecule has 0 aromatic heterocycles. The predicted octanol–water partition coefficient (Wildman–Crippen LogP) is 1.30. The van der Waals surface area contributed by atoms with Gasteiger partial charge in [0.1, 0.15) is 6.04 Å². The summed E-state index contributed by atoms with van der Waals surface area (Å²) >= 11 is 4.24. The van der Waals surface area contributed by atoms with Gasteiger partial charge in [0.25, 0.3) is 0 Å². The lowest BCUT2D eigenvalue weighted by Gasteiger charge is -2.47. The lowest BCUT2D eigenvalue weighted by molar-refractivity contribution is -0.159. The van der Waals surface area contributed by atoms with Gasteiger partial charge >= 0.3 is 11.9 Å². The molecule has 1 amide bonds. The quantitative estimate of drug-likeness (QED) is 0.458. The van der Waals surface area contributed by atoms with Crippen molar-refractivity contribution in [3.63, 3.8) is 0 Å². The Kier molecular flexibility index (Phi) is 6.92. The topological polar surface area (TPSA) is 110 Å². The molecule has 0 unspecified atom stereocenters. The van der Waals surface area contributed by atoms with Gasteiger partial charge in [0.05, 0.1) is 19.6 Å². The van der Waals surface area contributed by atoms with Crippen LogP contribution in [0, 0.1) is 10.8 Å². The normalized spacial score (nSPS) is 21.4. The molecule has 7 nitrogen and oxygen atoms in total. The number of carboxylic acids is 1. The van der Waals surface area contributed by atoms with E-state index in [0.29, 0.717) is 0 Å². The first kappa shape index (κ1) is 21.8. The maximum absolute atomic E-state index is 13.1. The highest BCUT2D eigenvalue weighted by Crippen LogP contribution is 2.52. The fourth-order valence-corrected chi connectivity index (χ4v) is 4.39. The lowest BCUT2D eigenvalue weighted by Crippen LogP contribution is -2.62. The molecule has 0 aliphatic heterocycles. The SMILES string of the molecule is COC(=O)[C@@H](CS)N(C(=O)[C@@H](N)CC(=O)O)C1C(C)(C)CCC1(C)C. The van der Waals surface area contributed by atoms with Crippen LogP contribution in [0.15, 0.2) is 0 Å². The minimum absolute atomic E-state index is 0.0703. The number of nitrogens with two attached hydrogens (primary N) is 1.